The van der Waals surface area contributed by atoms with Crippen LogP contribution in [0.2, 0.25) is 0 Å². The average molecular weight is 481 g/mol. The van der Waals surface area contributed by atoms with Crippen LogP contribution in [0.15, 0.2) is 91.0 Å². The summed E-state index contributed by atoms with van der Waals surface area (Å²) >= 11 is 5.33. The Morgan fingerprint density at radius 1 is 0.829 bits per heavy atom. The van der Waals surface area contributed by atoms with Crippen LogP contribution in [0.1, 0.15) is 15.9 Å². The molecule has 5 aromatic rings. The fourth-order valence-electron chi connectivity index (χ4n) is 3.67. The molecule has 172 valence electrons. The van der Waals surface area contributed by atoms with Gasteiger partial charge in [-0.05, 0) is 33.8 Å². The molecule has 10 heteroatoms. The van der Waals surface area contributed by atoms with Crippen LogP contribution in [-0.4, -0.2) is 36.3 Å². The third kappa shape index (κ3) is 4.82. The molecule has 9 nitrogen and oxygen atoms in total. The molecule has 0 atom stereocenters. The lowest BCUT2D eigenvalue weighted by molar-refractivity contribution is 0.0945. The fourth-order valence-corrected chi connectivity index (χ4v) is 3.80. The predicted octanol–water partition coefficient (Wildman–Crippen LogP) is 3.16. The minimum absolute atomic E-state index is 0.228. The first-order chi connectivity index (χ1) is 17.2. The normalized spacial score (nSPS) is 10.6. The molecule has 0 aliphatic carbocycles. The molecule has 0 unspecified atom stereocenters. The molecule has 0 aliphatic rings. The van der Waals surface area contributed by atoms with E-state index in [1.807, 2.05) is 91.0 Å². The van der Waals surface area contributed by atoms with Gasteiger partial charge in [0.1, 0.15) is 5.69 Å². The Morgan fingerprint density at radius 2 is 1.46 bits per heavy atom. The lowest BCUT2D eigenvalue weighted by atomic mass is 9.95. The molecule has 0 spiro atoms. The Balaban J connectivity index is 1.49. The average Bonchev–Trinajstić information content (AvgIpc) is 3.39. The minimum atomic E-state index is -0.452. The second-order valence-electron chi connectivity index (χ2n) is 7.57. The van der Waals surface area contributed by atoms with E-state index in [2.05, 4.69) is 36.8 Å². The molecule has 1 amide bonds. The molecule has 0 aliphatic heterocycles. The number of thiocarbonyl (C=S) groups is 1. The number of fused-ring (bicyclic) bond motifs is 1. The number of carbonyl (C=O) groups excluding carboxylic acids is 1. The van der Waals surface area contributed by atoms with Crippen molar-refractivity contribution in [1.29, 1.82) is 0 Å². The van der Waals surface area contributed by atoms with E-state index in [4.69, 9.17) is 12.2 Å². The van der Waals surface area contributed by atoms with Crippen LogP contribution in [0, 0.1) is 0 Å². The van der Waals surface area contributed by atoms with Gasteiger partial charge in [-0.15, -0.1) is 14.8 Å². The highest BCUT2D eigenvalue weighted by Crippen LogP contribution is 2.34. The van der Waals surface area contributed by atoms with Crippen LogP contribution >= 0.6 is 12.2 Å². The van der Waals surface area contributed by atoms with Gasteiger partial charge in [0.25, 0.3) is 5.91 Å². The maximum absolute atomic E-state index is 13.5. The predicted molar refractivity (Wildman–Crippen MR) is 136 cm³/mol. The molecule has 0 radical (unpaired) electrons. The molecular formula is C25H20N8OS. The smallest absolute Gasteiger partial charge is 0.274 e. The van der Waals surface area contributed by atoms with Gasteiger partial charge >= 0.3 is 0 Å². The van der Waals surface area contributed by atoms with Crippen molar-refractivity contribution in [2.75, 3.05) is 0 Å². The number of hydrogen-bond acceptors (Lipinski definition) is 6. The van der Waals surface area contributed by atoms with E-state index in [1.54, 1.807) is 0 Å². The number of amides is 1. The van der Waals surface area contributed by atoms with E-state index in [0.29, 0.717) is 17.8 Å². The first-order valence-electron chi connectivity index (χ1n) is 10.8. The van der Waals surface area contributed by atoms with Crippen molar-refractivity contribution in [3.8, 4) is 22.4 Å². The molecule has 35 heavy (non-hydrogen) atoms. The highest BCUT2D eigenvalue weighted by molar-refractivity contribution is 7.80. The van der Waals surface area contributed by atoms with Gasteiger partial charge in [-0.1, -0.05) is 91.0 Å². The quantitative estimate of drug-likeness (QED) is 0.260. The van der Waals surface area contributed by atoms with Crippen molar-refractivity contribution in [2.45, 2.75) is 6.54 Å². The molecular weight excluding hydrogens is 460 g/mol. The number of hydrogen-bond donors (Lipinski definition) is 3. The van der Waals surface area contributed by atoms with Crippen molar-refractivity contribution in [1.82, 2.24) is 41.4 Å². The highest BCUT2D eigenvalue weighted by Gasteiger charge is 2.25. The van der Waals surface area contributed by atoms with Crippen LogP contribution in [0.4, 0.5) is 0 Å². The Labute approximate surface area is 206 Å². The monoisotopic (exact) mass is 480 g/mol. The van der Waals surface area contributed by atoms with Crippen molar-refractivity contribution in [2.24, 2.45) is 0 Å². The van der Waals surface area contributed by atoms with E-state index in [1.165, 1.54) is 4.63 Å². The number of rotatable bonds is 5. The van der Waals surface area contributed by atoms with E-state index >= 15 is 0 Å². The number of aromatic nitrogens is 5. The fraction of sp³-hybridized carbons (Fsp3) is 0.0400. The first kappa shape index (κ1) is 22.1. The second-order valence-corrected chi connectivity index (χ2v) is 7.98. The van der Waals surface area contributed by atoms with Crippen LogP contribution in [0.25, 0.3) is 28.0 Å². The molecule has 2 heterocycles. The van der Waals surface area contributed by atoms with E-state index in [-0.39, 0.29) is 16.3 Å². The van der Waals surface area contributed by atoms with Crippen LogP contribution in [0.3, 0.4) is 0 Å². The number of hydrazine groups is 1. The van der Waals surface area contributed by atoms with Crippen molar-refractivity contribution < 1.29 is 4.79 Å². The summed E-state index contributed by atoms with van der Waals surface area (Å²) in [5.74, 6) is -0.452. The molecule has 5 rings (SSSR count). The molecule has 0 fully saturated rings. The largest absolute Gasteiger partial charge is 0.357 e. The Bertz CT molecular complexity index is 1470. The molecule has 2 aromatic heterocycles. The third-order valence-corrected chi connectivity index (χ3v) is 5.53. The van der Waals surface area contributed by atoms with Gasteiger partial charge in [-0.3, -0.25) is 15.6 Å². The summed E-state index contributed by atoms with van der Waals surface area (Å²) in [6.45, 7) is 0.517. The molecule has 0 saturated heterocycles. The lowest BCUT2D eigenvalue weighted by Gasteiger charge is -2.16. The second kappa shape index (κ2) is 10.1. The summed E-state index contributed by atoms with van der Waals surface area (Å²) in [6.07, 6.45) is 0. The zero-order valence-electron chi connectivity index (χ0n) is 18.4. The standard InChI is InChI=1S/C25H20N8OS/c34-24(28-29-25(35)26-16-17-10-4-1-5-11-17)21-20(18-12-6-2-7-13-18)22(19-14-8-3-9-15-19)30-33-23(21)27-31-32-33/h1-15H,16H2,(H,28,34)(H2,26,29,35). The van der Waals surface area contributed by atoms with Crippen molar-refractivity contribution in [3.63, 3.8) is 0 Å². The van der Waals surface area contributed by atoms with Gasteiger partial charge in [-0.2, -0.15) is 0 Å². The Morgan fingerprint density at radius 3 is 2.14 bits per heavy atom. The van der Waals surface area contributed by atoms with E-state index in [9.17, 15) is 4.79 Å². The number of tetrazole rings is 1. The minimum Gasteiger partial charge on any atom is -0.357 e. The van der Waals surface area contributed by atoms with Crippen molar-refractivity contribution in [3.05, 3.63) is 102 Å². The number of nitrogens with zero attached hydrogens (tertiary/aromatic N) is 5. The topological polar surface area (TPSA) is 109 Å². The number of benzene rings is 3. The van der Waals surface area contributed by atoms with Gasteiger partial charge in [0, 0.05) is 17.7 Å². The summed E-state index contributed by atoms with van der Waals surface area (Å²) in [4.78, 5) is 13.5. The summed E-state index contributed by atoms with van der Waals surface area (Å²) in [5.41, 5.74) is 9.82. The first-order valence-corrected chi connectivity index (χ1v) is 11.2. The SMILES string of the molecule is O=C(NNC(=S)NCc1ccccc1)c1c(-c2ccccc2)c(-c2ccccc2)nn2nnnc12. The van der Waals surface area contributed by atoms with Crippen LogP contribution in [0.5, 0.6) is 0 Å². The van der Waals surface area contributed by atoms with E-state index < -0.39 is 5.91 Å². The zero-order chi connectivity index (χ0) is 24.0. The lowest BCUT2D eigenvalue weighted by Crippen LogP contribution is -2.46. The third-order valence-electron chi connectivity index (χ3n) is 5.28. The van der Waals surface area contributed by atoms with E-state index in [0.717, 1.165) is 16.7 Å². The summed E-state index contributed by atoms with van der Waals surface area (Å²) in [7, 11) is 0. The van der Waals surface area contributed by atoms with Gasteiger partial charge in [0.05, 0.1) is 5.56 Å². The number of carbonyl (C=O) groups is 1. The van der Waals surface area contributed by atoms with Gasteiger partial charge in [-0.25, -0.2) is 0 Å². The van der Waals surface area contributed by atoms with Gasteiger partial charge < -0.3 is 5.32 Å². The van der Waals surface area contributed by atoms with Crippen molar-refractivity contribution >= 4 is 28.9 Å². The summed E-state index contributed by atoms with van der Waals surface area (Å²) < 4.78 is 1.26. The molecule has 3 N–H and O–H groups in total. The number of nitrogens with one attached hydrogen (secondary N) is 3. The summed E-state index contributed by atoms with van der Waals surface area (Å²) in [6, 6.07) is 29.0. The van der Waals surface area contributed by atoms with Crippen LogP contribution in [-0.2, 0) is 6.54 Å². The summed E-state index contributed by atoms with van der Waals surface area (Å²) in [5, 5.41) is 19.7. The van der Waals surface area contributed by atoms with Crippen LogP contribution < -0.4 is 16.2 Å². The van der Waals surface area contributed by atoms with Gasteiger partial charge in [0.15, 0.2) is 5.11 Å². The molecule has 0 bridgehead atoms. The Hall–Kier alpha value is -4.70. The molecule has 0 saturated carbocycles. The maximum atomic E-state index is 13.5. The highest BCUT2D eigenvalue weighted by atomic mass is 32.1. The van der Waals surface area contributed by atoms with Gasteiger partial charge in [0.2, 0.25) is 5.65 Å². The zero-order valence-corrected chi connectivity index (χ0v) is 19.2. The molecule has 3 aromatic carbocycles. The Kier molecular flexibility index (Phi) is 6.35. The maximum Gasteiger partial charge on any atom is 0.274 e.